The fourth-order valence-corrected chi connectivity index (χ4v) is 3.74. The Morgan fingerprint density at radius 1 is 0.593 bits per heavy atom. The molecule has 0 atom stereocenters. The summed E-state index contributed by atoms with van der Waals surface area (Å²) in [6, 6.07) is 1.51. The van der Waals surface area contributed by atoms with Gasteiger partial charge in [0.05, 0.1) is 14.7 Å². The number of rotatable bonds is 3. The molecular weight excluding hydrogens is 533 g/mol. The molecule has 0 fully saturated rings. The second-order valence-corrected chi connectivity index (χ2v) is 8.41. The summed E-state index contributed by atoms with van der Waals surface area (Å²) >= 11 is 0. The van der Waals surface area contributed by atoms with Crippen molar-refractivity contribution in [3.05, 3.63) is 24.3 Å². The fraction of sp³-hybridized carbons (Fsp3) is 0. The molecule has 0 bridgehead atoms. The molecule has 0 aliphatic carbocycles. The van der Waals surface area contributed by atoms with E-state index in [1.807, 2.05) is 0 Å². The summed E-state index contributed by atoms with van der Waals surface area (Å²) in [7, 11) is -15.7. The van der Waals surface area contributed by atoms with Gasteiger partial charge >= 0.3 is 206 Å². The maximum atomic E-state index is 11.8. The van der Waals surface area contributed by atoms with Gasteiger partial charge in [-0.15, -0.1) is 0 Å². The van der Waals surface area contributed by atoms with Crippen molar-refractivity contribution in [3.8, 4) is 5.75 Å². The molecule has 2 aromatic rings. The normalized spacial score (nSPS) is 11.4. The Bertz CT molecular complexity index is 1140. The molecule has 17 heteroatoms. The molecular formula is C10H4K4O10S3. The quantitative estimate of drug-likeness (QED) is 0.268. The average Bonchev–Trinajstić information content (AvgIpc) is 2.33. The molecule has 10 nitrogen and oxygen atoms in total. The van der Waals surface area contributed by atoms with Gasteiger partial charge in [0.25, 0.3) is 0 Å². The summed E-state index contributed by atoms with van der Waals surface area (Å²) < 4.78 is 99.4. The van der Waals surface area contributed by atoms with Crippen LogP contribution in [-0.4, -0.2) is 38.9 Å². The van der Waals surface area contributed by atoms with Crippen molar-refractivity contribution in [1.82, 2.24) is 0 Å². The van der Waals surface area contributed by atoms with E-state index in [2.05, 4.69) is 0 Å². The molecule has 0 radical (unpaired) electrons. The van der Waals surface area contributed by atoms with E-state index in [4.69, 9.17) is 0 Å². The molecule has 126 valence electrons. The summed E-state index contributed by atoms with van der Waals surface area (Å²) in [6.07, 6.45) is 0. The van der Waals surface area contributed by atoms with E-state index in [1.165, 1.54) is 0 Å². The number of hydrogen-bond donors (Lipinski definition) is 0. The second kappa shape index (κ2) is 13.6. The van der Waals surface area contributed by atoms with E-state index >= 15 is 0 Å². The standard InChI is InChI=1S/C10H8O10S3.4K/c11-8-3-6(21(12,13)14)1-5-2-7(22(15,16)17)4-9(10(5)8)23(18,19)20;;;;/h1-4,11H,(H,12,13,14)(H,15,16,17)(H,18,19,20);;;;/q;4*+1/p-4. The van der Waals surface area contributed by atoms with E-state index in [0.717, 1.165) is 0 Å². The van der Waals surface area contributed by atoms with Gasteiger partial charge in [0.1, 0.15) is 30.4 Å². The Morgan fingerprint density at radius 2 is 0.963 bits per heavy atom. The first-order valence-corrected chi connectivity index (χ1v) is 9.60. The van der Waals surface area contributed by atoms with Crippen LogP contribution < -0.4 is 211 Å². The third kappa shape index (κ3) is 9.88. The zero-order valence-electron chi connectivity index (χ0n) is 14.6. The van der Waals surface area contributed by atoms with Crippen LogP contribution in [0.1, 0.15) is 0 Å². The van der Waals surface area contributed by atoms with Crippen molar-refractivity contribution in [2.75, 3.05) is 0 Å². The van der Waals surface area contributed by atoms with Crippen molar-refractivity contribution < 1.29 is 250 Å². The van der Waals surface area contributed by atoms with E-state index in [9.17, 15) is 44.0 Å². The summed E-state index contributed by atoms with van der Waals surface area (Å²) in [5.41, 5.74) is 0. The van der Waals surface area contributed by atoms with E-state index in [0.29, 0.717) is 18.2 Å². The van der Waals surface area contributed by atoms with E-state index in [-0.39, 0.29) is 212 Å². The fourth-order valence-electron chi connectivity index (χ4n) is 1.87. The first-order valence-electron chi connectivity index (χ1n) is 5.38. The van der Waals surface area contributed by atoms with Gasteiger partial charge in [-0.1, -0.05) is 11.8 Å². The minimum atomic E-state index is -5.36. The van der Waals surface area contributed by atoms with E-state index in [1.54, 1.807) is 0 Å². The van der Waals surface area contributed by atoms with Gasteiger partial charge in [0.2, 0.25) is 0 Å². The molecule has 0 spiro atoms. The number of benzene rings is 2. The van der Waals surface area contributed by atoms with Crippen LogP contribution in [0.3, 0.4) is 0 Å². The molecule has 27 heavy (non-hydrogen) atoms. The molecule has 0 aromatic heterocycles. The molecule has 0 amide bonds. The Balaban J connectivity index is -0.00000144. The molecule has 0 N–H and O–H groups in total. The Labute approximate surface area is 325 Å². The minimum absolute atomic E-state index is 0. The van der Waals surface area contributed by atoms with Gasteiger partial charge < -0.3 is 18.8 Å². The largest absolute Gasteiger partial charge is 1.00 e. The SMILES string of the molecule is O=S(=O)([O-])c1cc([O-])c2c(S(=O)(=O)[O-])cc(S(=O)(=O)[O-])cc2c1.[K+].[K+].[K+].[K+]. The molecule has 2 aromatic carbocycles. The van der Waals surface area contributed by atoms with Crippen molar-refractivity contribution in [1.29, 1.82) is 0 Å². The Morgan fingerprint density at radius 3 is 1.30 bits per heavy atom. The van der Waals surface area contributed by atoms with Crippen LogP contribution in [0.4, 0.5) is 0 Å². The van der Waals surface area contributed by atoms with Gasteiger partial charge in [-0.05, 0) is 29.0 Å². The topological polar surface area (TPSA) is 195 Å². The molecule has 0 aliphatic rings. The minimum Gasteiger partial charge on any atom is -0.872 e. The third-order valence-electron chi connectivity index (χ3n) is 2.77. The molecule has 0 heterocycles. The van der Waals surface area contributed by atoms with Crippen LogP contribution in [0, 0.1) is 0 Å². The Hall–Kier alpha value is 4.78. The van der Waals surface area contributed by atoms with Crippen LogP contribution in [0.5, 0.6) is 5.75 Å². The summed E-state index contributed by atoms with van der Waals surface area (Å²) in [5.74, 6) is -1.30. The van der Waals surface area contributed by atoms with Crippen LogP contribution in [-0.2, 0) is 30.4 Å². The molecule has 0 aliphatic heterocycles. The van der Waals surface area contributed by atoms with Crippen molar-refractivity contribution >= 4 is 41.1 Å². The second-order valence-electron chi connectivity index (χ2n) is 4.30. The smallest absolute Gasteiger partial charge is 0.872 e. The van der Waals surface area contributed by atoms with Crippen LogP contribution in [0.15, 0.2) is 39.0 Å². The van der Waals surface area contributed by atoms with Gasteiger partial charge in [-0.25, -0.2) is 25.3 Å². The summed E-state index contributed by atoms with van der Waals surface area (Å²) in [4.78, 5) is -3.53. The van der Waals surface area contributed by atoms with E-state index < -0.39 is 61.6 Å². The molecule has 0 saturated heterocycles. The molecule has 0 saturated carbocycles. The van der Waals surface area contributed by atoms with Gasteiger partial charge in [-0.2, -0.15) is 0 Å². The molecule has 0 unspecified atom stereocenters. The number of fused-ring (bicyclic) bond motifs is 1. The van der Waals surface area contributed by atoms with Crippen molar-refractivity contribution in [3.63, 3.8) is 0 Å². The third-order valence-corrected chi connectivity index (χ3v) is 5.26. The summed E-state index contributed by atoms with van der Waals surface area (Å²) in [6.45, 7) is 0. The predicted octanol–water partition coefficient (Wildman–Crippen LogP) is -13.4. The number of hydrogen-bond acceptors (Lipinski definition) is 10. The monoisotopic (exact) mass is 536 g/mol. The first-order chi connectivity index (χ1) is 10.2. The Kier molecular flexibility index (Phi) is 18.3. The predicted molar refractivity (Wildman–Crippen MR) is 67.3 cm³/mol. The summed E-state index contributed by atoms with van der Waals surface area (Å²) in [5, 5.41) is 10.4. The zero-order chi connectivity index (χ0) is 17.8. The first kappa shape index (κ1) is 36.3. The van der Waals surface area contributed by atoms with Crippen LogP contribution in [0.25, 0.3) is 10.8 Å². The average molecular weight is 537 g/mol. The van der Waals surface area contributed by atoms with Gasteiger partial charge in [0.15, 0.2) is 0 Å². The maximum Gasteiger partial charge on any atom is 1.00 e. The van der Waals surface area contributed by atoms with Crippen LogP contribution >= 0.6 is 0 Å². The van der Waals surface area contributed by atoms with Gasteiger partial charge in [-0.3, -0.25) is 0 Å². The van der Waals surface area contributed by atoms with Crippen LogP contribution in [0.2, 0.25) is 0 Å². The van der Waals surface area contributed by atoms with Crippen molar-refractivity contribution in [2.24, 2.45) is 0 Å². The van der Waals surface area contributed by atoms with Crippen molar-refractivity contribution in [2.45, 2.75) is 14.7 Å². The van der Waals surface area contributed by atoms with Gasteiger partial charge in [0, 0.05) is 0 Å². The maximum absolute atomic E-state index is 11.8. The zero-order valence-corrected chi connectivity index (χ0v) is 29.6. The molecule has 2 rings (SSSR count).